The standard InChI is InChI=1S/C21H18N2O4S/c1-13-19(28-20(22-13)16-6-4-3-5-7-16)21(26)27-12-18(25)23-17-10-8-15(9-11-17)14(2)24/h3-11H,12H2,1-2H3,(H,23,25). The fourth-order valence-electron chi connectivity index (χ4n) is 2.47. The molecule has 0 saturated carbocycles. The molecule has 0 spiro atoms. The molecule has 0 bridgehead atoms. The van der Waals surface area contributed by atoms with Crippen molar-refractivity contribution < 1.29 is 19.1 Å². The Morgan fingerprint density at radius 3 is 2.36 bits per heavy atom. The van der Waals surface area contributed by atoms with E-state index in [0.717, 1.165) is 10.6 Å². The Morgan fingerprint density at radius 1 is 1.04 bits per heavy atom. The lowest BCUT2D eigenvalue weighted by atomic mass is 10.1. The minimum absolute atomic E-state index is 0.0541. The quantitative estimate of drug-likeness (QED) is 0.502. The molecule has 0 aliphatic rings. The third kappa shape index (κ3) is 4.69. The van der Waals surface area contributed by atoms with E-state index in [4.69, 9.17) is 4.74 Å². The van der Waals surface area contributed by atoms with Gasteiger partial charge in [-0.2, -0.15) is 0 Å². The molecule has 6 nitrogen and oxygen atoms in total. The first-order valence-corrected chi connectivity index (χ1v) is 9.36. The van der Waals surface area contributed by atoms with Gasteiger partial charge in [0.05, 0.1) is 5.69 Å². The Bertz CT molecular complexity index is 1010. The molecular weight excluding hydrogens is 376 g/mol. The van der Waals surface area contributed by atoms with Crippen molar-refractivity contribution in [2.45, 2.75) is 13.8 Å². The number of rotatable bonds is 6. The number of carbonyl (C=O) groups is 3. The lowest BCUT2D eigenvalue weighted by Gasteiger charge is -2.06. The first-order chi connectivity index (χ1) is 13.4. The second-order valence-corrected chi connectivity index (χ2v) is 7.06. The van der Waals surface area contributed by atoms with E-state index < -0.39 is 18.5 Å². The van der Waals surface area contributed by atoms with Crippen molar-refractivity contribution in [3.63, 3.8) is 0 Å². The van der Waals surface area contributed by atoms with E-state index in [1.54, 1.807) is 31.2 Å². The molecule has 1 N–H and O–H groups in total. The molecule has 0 aliphatic heterocycles. The second kappa shape index (κ2) is 8.58. The maximum absolute atomic E-state index is 12.3. The molecule has 0 saturated heterocycles. The number of aryl methyl sites for hydroxylation is 1. The number of hydrogen-bond acceptors (Lipinski definition) is 6. The molecule has 0 fully saturated rings. The normalized spacial score (nSPS) is 10.4. The predicted molar refractivity (Wildman–Crippen MR) is 108 cm³/mol. The molecule has 0 unspecified atom stereocenters. The number of aromatic nitrogens is 1. The van der Waals surface area contributed by atoms with Gasteiger partial charge in [0.25, 0.3) is 5.91 Å². The maximum atomic E-state index is 12.3. The Balaban J connectivity index is 1.58. The summed E-state index contributed by atoms with van der Waals surface area (Å²) in [6, 6.07) is 16.0. The van der Waals surface area contributed by atoms with Gasteiger partial charge in [-0.15, -0.1) is 11.3 Å². The lowest BCUT2D eigenvalue weighted by molar-refractivity contribution is -0.119. The van der Waals surface area contributed by atoms with Crippen LogP contribution >= 0.6 is 11.3 Å². The van der Waals surface area contributed by atoms with Crippen molar-refractivity contribution in [1.29, 1.82) is 0 Å². The monoisotopic (exact) mass is 394 g/mol. The number of carbonyl (C=O) groups excluding carboxylic acids is 3. The molecule has 142 valence electrons. The van der Waals surface area contributed by atoms with Crippen LogP contribution in [0.5, 0.6) is 0 Å². The number of amides is 1. The van der Waals surface area contributed by atoms with Crippen LogP contribution in [0.4, 0.5) is 5.69 Å². The van der Waals surface area contributed by atoms with Gasteiger partial charge in [0.1, 0.15) is 9.88 Å². The van der Waals surface area contributed by atoms with Crippen LogP contribution in [0.2, 0.25) is 0 Å². The summed E-state index contributed by atoms with van der Waals surface area (Å²) < 4.78 is 5.12. The first kappa shape index (κ1) is 19.4. The summed E-state index contributed by atoms with van der Waals surface area (Å²) in [7, 11) is 0. The fourth-order valence-corrected chi connectivity index (χ4v) is 3.44. The smallest absolute Gasteiger partial charge is 0.350 e. The summed E-state index contributed by atoms with van der Waals surface area (Å²) in [4.78, 5) is 40.4. The number of esters is 1. The molecule has 0 aliphatic carbocycles. The van der Waals surface area contributed by atoms with E-state index in [-0.39, 0.29) is 5.78 Å². The SMILES string of the molecule is CC(=O)c1ccc(NC(=O)COC(=O)c2sc(-c3ccccc3)nc2C)cc1. The Morgan fingerprint density at radius 2 is 1.71 bits per heavy atom. The summed E-state index contributed by atoms with van der Waals surface area (Å²) in [5, 5.41) is 3.34. The molecule has 3 aromatic rings. The minimum Gasteiger partial charge on any atom is -0.451 e. The van der Waals surface area contributed by atoms with Crippen LogP contribution in [-0.4, -0.2) is 29.3 Å². The highest BCUT2D eigenvalue weighted by molar-refractivity contribution is 7.17. The lowest BCUT2D eigenvalue weighted by Crippen LogP contribution is -2.20. The number of nitrogens with one attached hydrogen (secondary N) is 1. The molecule has 0 atom stereocenters. The van der Waals surface area contributed by atoms with Gasteiger partial charge in [-0.05, 0) is 38.1 Å². The van der Waals surface area contributed by atoms with Crippen molar-refractivity contribution >= 4 is 34.7 Å². The van der Waals surface area contributed by atoms with Gasteiger partial charge in [0, 0.05) is 16.8 Å². The van der Waals surface area contributed by atoms with Crippen molar-refractivity contribution in [2.24, 2.45) is 0 Å². The summed E-state index contributed by atoms with van der Waals surface area (Å²) in [6.45, 7) is 2.79. The maximum Gasteiger partial charge on any atom is 0.350 e. The molecule has 3 rings (SSSR count). The zero-order valence-electron chi connectivity index (χ0n) is 15.4. The van der Waals surface area contributed by atoms with Crippen LogP contribution in [0.3, 0.4) is 0 Å². The molecule has 1 heterocycles. The Labute approximate surface area is 166 Å². The van der Waals surface area contributed by atoms with Crippen LogP contribution in [-0.2, 0) is 9.53 Å². The Hall–Kier alpha value is -3.32. The highest BCUT2D eigenvalue weighted by Crippen LogP contribution is 2.28. The zero-order chi connectivity index (χ0) is 20.1. The molecule has 1 aromatic heterocycles. The molecular formula is C21H18N2O4S. The second-order valence-electron chi connectivity index (χ2n) is 6.06. The highest BCUT2D eigenvalue weighted by atomic mass is 32.1. The number of benzene rings is 2. The number of ether oxygens (including phenoxy) is 1. The number of ketones is 1. The number of Topliss-reactive ketones (excluding diaryl/α,β-unsaturated/α-hetero) is 1. The average molecular weight is 394 g/mol. The topological polar surface area (TPSA) is 85.4 Å². The number of hydrogen-bond donors (Lipinski definition) is 1. The number of anilines is 1. The van der Waals surface area contributed by atoms with E-state index in [9.17, 15) is 14.4 Å². The highest BCUT2D eigenvalue weighted by Gasteiger charge is 2.18. The third-order valence-electron chi connectivity index (χ3n) is 3.91. The zero-order valence-corrected chi connectivity index (χ0v) is 16.2. The van der Waals surface area contributed by atoms with Crippen molar-refractivity contribution in [3.05, 3.63) is 70.7 Å². The predicted octanol–water partition coefficient (Wildman–Crippen LogP) is 4.12. The van der Waals surface area contributed by atoms with E-state index in [2.05, 4.69) is 10.3 Å². The first-order valence-electron chi connectivity index (χ1n) is 8.55. The van der Waals surface area contributed by atoms with E-state index in [1.807, 2.05) is 30.3 Å². The van der Waals surface area contributed by atoms with Crippen LogP contribution in [0, 0.1) is 6.92 Å². The summed E-state index contributed by atoms with van der Waals surface area (Å²) in [5.74, 6) is -1.10. The largest absolute Gasteiger partial charge is 0.451 e. The number of nitrogens with zero attached hydrogens (tertiary/aromatic N) is 1. The van der Waals surface area contributed by atoms with Gasteiger partial charge in [0.15, 0.2) is 12.4 Å². The molecule has 7 heteroatoms. The summed E-state index contributed by atoms with van der Waals surface area (Å²) in [6.07, 6.45) is 0. The van der Waals surface area contributed by atoms with E-state index >= 15 is 0 Å². The van der Waals surface area contributed by atoms with Crippen LogP contribution in [0.1, 0.15) is 32.6 Å². The van der Waals surface area contributed by atoms with Crippen LogP contribution in [0.15, 0.2) is 54.6 Å². The molecule has 2 aromatic carbocycles. The molecule has 1 amide bonds. The van der Waals surface area contributed by atoms with Gasteiger partial charge in [-0.1, -0.05) is 30.3 Å². The van der Waals surface area contributed by atoms with Gasteiger partial charge >= 0.3 is 5.97 Å². The van der Waals surface area contributed by atoms with Crippen molar-refractivity contribution in [2.75, 3.05) is 11.9 Å². The van der Waals surface area contributed by atoms with Crippen LogP contribution in [0.25, 0.3) is 10.6 Å². The van der Waals surface area contributed by atoms with Crippen molar-refractivity contribution in [3.8, 4) is 10.6 Å². The van der Waals surface area contributed by atoms with Gasteiger partial charge < -0.3 is 10.1 Å². The molecule has 0 radical (unpaired) electrons. The van der Waals surface area contributed by atoms with E-state index in [0.29, 0.717) is 21.8 Å². The minimum atomic E-state index is -0.584. The fraction of sp³-hybridized carbons (Fsp3) is 0.143. The summed E-state index contributed by atoms with van der Waals surface area (Å²) >= 11 is 1.23. The average Bonchev–Trinajstić information content (AvgIpc) is 3.09. The third-order valence-corrected chi connectivity index (χ3v) is 5.10. The van der Waals surface area contributed by atoms with Crippen LogP contribution < -0.4 is 5.32 Å². The van der Waals surface area contributed by atoms with Gasteiger partial charge in [0.2, 0.25) is 0 Å². The van der Waals surface area contributed by atoms with Gasteiger partial charge in [-0.25, -0.2) is 9.78 Å². The van der Waals surface area contributed by atoms with Gasteiger partial charge in [-0.3, -0.25) is 9.59 Å². The molecule has 28 heavy (non-hydrogen) atoms. The van der Waals surface area contributed by atoms with Crippen molar-refractivity contribution in [1.82, 2.24) is 4.98 Å². The summed E-state index contributed by atoms with van der Waals surface area (Å²) in [5.41, 5.74) is 2.56. The Kier molecular flexibility index (Phi) is 5.96. The van der Waals surface area contributed by atoms with E-state index in [1.165, 1.54) is 18.3 Å². The number of thiazole rings is 1.